The molecule has 0 aromatic heterocycles. The molecule has 0 aliphatic carbocycles. The van der Waals surface area contributed by atoms with Crippen molar-refractivity contribution in [1.82, 2.24) is 0 Å². The maximum absolute atomic E-state index is 13.1. The molecule has 0 saturated heterocycles. The second-order valence-electron chi connectivity index (χ2n) is 2.63. The highest BCUT2D eigenvalue weighted by molar-refractivity contribution is 6.06. The fourth-order valence-corrected chi connectivity index (χ4v) is 1.26. The van der Waals surface area contributed by atoms with Crippen LogP contribution in [0.3, 0.4) is 0 Å². The molecular weight excluding hydrogens is 178 g/mol. The summed E-state index contributed by atoms with van der Waals surface area (Å²) in [6.07, 6.45) is 0. The maximum atomic E-state index is 13.1. The van der Waals surface area contributed by atoms with Gasteiger partial charge in [-0.05, 0) is 0 Å². The average molecular weight is 184 g/mol. The van der Waals surface area contributed by atoms with E-state index < -0.39 is 11.6 Å². The summed E-state index contributed by atoms with van der Waals surface area (Å²) < 4.78 is 30.8. The molecular formula is C8H6F2N2O. The van der Waals surface area contributed by atoms with Crippen molar-refractivity contribution in [3.8, 4) is 5.75 Å². The number of benzene rings is 1. The van der Waals surface area contributed by atoms with Gasteiger partial charge < -0.3 is 10.6 Å². The van der Waals surface area contributed by atoms with Crippen molar-refractivity contribution in [2.75, 3.05) is 6.61 Å². The summed E-state index contributed by atoms with van der Waals surface area (Å²) in [6, 6.07) is 1.88. The van der Waals surface area contributed by atoms with Gasteiger partial charge >= 0.3 is 0 Å². The number of nitrogens with two attached hydrogens (primary N) is 1. The lowest BCUT2D eigenvalue weighted by molar-refractivity contribution is 0.388. The first kappa shape index (κ1) is 7.97. The lowest BCUT2D eigenvalue weighted by Crippen LogP contribution is -2.06. The monoisotopic (exact) mass is 184 g/mol. The number of ether oxygens (including phenoxy) is 1. The van der Waals surface area contributed by atoms with Crippen LogP contribution in [0.2, 0.25) is 0 Å². The standard InChI is InChI=1S/C8H6F2N2O/c9-4-1-5(10)8-6(12-11)3-13-7(8)2-4/h1-2H,3,11H2/b12-6-. The van der Waals surface area contributed by atoms with Gasteiger partial charge in [-0.1, -0.05) is 0 Å². The van der Waals surface area contributed by atoms with Gasteiger partial charge in [-0.15, -0.1) is 0 Å². The van der Waals surface area contributed by atoms with Crippen LogP contribution in [-0.4, -0.2) is 12.3 Å². The number of rotatable bonds is 0. The molecule has 2 N–H and O–H groups in total. The van der Waals surface area contributed by atoms with Crippen molar-refractivity contribution in [2.24, 2.45) is 10.9 Å². The summed E-state index contributed by atoms with van der Waals surface area (Å²) in [6.45, 7) is 0.0895. The molecule has 0 radical (unpaired) electrons. The molecule has 1 aliphatic heterocycles. The predicted molar refractivity (Wildman–Crippen MR) is 42.6 cm³/mol. The average Bonchev–Trinajstić information content (AvgIpc) is 2.47. The van der Waals surface area contributed by atoms with E-state index in [0.29, 0.717) is 5.71 Å². The van der Waals surface area contributed by atoms with Crippen LogP contribution >= 0.6 is 0 Å². The number of nitrogens with zero attached hydrogens (tertiary/aromatic N) is 1. The van der Waals surface area contributed by atoms with Gasteiger partial charge in [-0.25, -0.2) is 8.78 Å². The zero-order valence-electron chi connectivity index (χ0n) is 6.55. The van der Waals surface area contributed by atoms with Crippen molar-refractivity contribution >= 4 is 5.71 Å². The Balaban J connectivity index is 2.65. The highest BCUT2D eigenvalue weighted by Crippen LogP contribution is 2.28. The summed E-state index contributed by atoms with van der Waals surface area (Å²) in [5.74, 6) is 3.79. The molecule has 0 bridgehead atoms. The highest BCUT2D eigenvalue weighted by atomic mass is 19.1. The fraction of sp³-hybridized carbons (Fsp3) is 0.125. The zero-order valence-corrected chi connectivity index (χ0v) is 6.55. The van der Waals surface area contributed by atoms with E-state index in [-0.39, 0.29) is 17.9 Å². The molecule has 68 valence electrons. The van der Waals surface area contributed by atoms with Gasteiger partial charge in [0.05, 0.1) is 5.56 Å². The van der Waals surface area contributed by atoms with Gasteiger partial charge in [-0.2, -0.15) is 5.10 Å². The van der Waals surface area contributed by atoms with Crippen LogP contribution < -0.4 is 10.6 Å². The van der Waals surface area contributed by atoms with E-state index in [1.807, 2.05) is 0 Å². The molecule has 0 atom stereocenters. The second-order valence-corrected chi connectivity index (χ2v) is 2.63. The van der Waals surface area contributed by atoms with Crippen molar-refractivity contribution in [3.63, 3.8) is 0 Å². The van der Waals surface area contributed by atoms with E-state index in [1.165, 1.54) is 0 Å². The third-order valence-electron chi connectivity index (χ3n) is 1.83. The summed E-state index contributed by atoms with van der Waals surface area (Å²) in [5, 5.41) is 3.35. The minimum absolute atomic E-state index is 0.0895. The highest BCUT2D eigenvalue weighted by Gasteiger charge is 2.24. The topological polar surface area (TPSA) is 47.6 Å². The molecule has 0 spiro atoms. The number of halogens is 2. The lowest BCUT2D eigenvalue weighted by Gasteiger charge is -1.98. The molecule has 2 rings (SSSR count). The van der Waals surface area contributed by atoms with Gasteiger partial charge in [0, 0.05) is 12.1 Å². The Kier molecular flexibility index (Phi) is 1.65. The summed E-state index contributed by atoms with van der Waals surface area (Å²) in [5.41, 5.74) is 0.455. The molecule has 1 aliphatic rings. The van der Waals surface area contributed by atoms with Crippen LogP contribution in [0.15, 0.2) is 17.2 Å². The molecule has 5 heteroatoms. The zero-order chi connectivity index (χ0) is 9.42. The van der Waals surface area contributed by atoms with Gasteiger partial charge in [0.2, 0.25) is 0 Å². The Morgan fingerprint density at radius 1 is 1.38 bits per heavy atom. The third kappa shape index (κ3) is 1.12. The molecule has 1 aromatic carbocycles. The van der Waals surface area contributed by atoms with Crippen LogP contribution in [0.1, 0.15) is 5.56 Å². The first-order chi connectivity index (χ1) is 6.22. The molecule has 0 amide bonds. The van der Waals surface area contributed by atoms with Crippen molar-refractivity contribution in [2.45, 2.75) is 0 Å². The Hall–Kier alpha value is -1.65. The van der Waals surface area contributed by atoms with E-state index in [1.54, 1.807) is 0 Å². The largest absolute Gasteiger partial charge is 0.486 e. The fourth-order valence-electron chi connectivity index (χ4n) is 1.26. The van der Waals surface area contributed by atoms with Crippen LogP contribution in [0.5, 0.6) is 5.75 Å². The quantitative estimate of drug-likeness (QED) is 0.483. The van der Waals surface area contributed by atoms with Gasteiger partial charge in [0.1, 0.15) is 29.7 Å². The molecule has 1 heterocycles. The van der Waals surface area contributed by atoms with Crippen LogP contribution in [0.25, 0.3) is 0 Å². The van der Waals surface area contributed by atoms with E-state index in [4.69, 9.17) is 10.6 Å². The Morgan fingerprint density at radius 3 is 2.85 bits per heavy atom. The number of hydrazone groups is 1. The van der Waals surface area contributed by atoms with Crippen molar-refractivity contribution < 1.29 is 13.5 Å². The van der Waals surface area contributed by atoms with Crippen molar-refractivity contribution in [3.05, 3.63) is 29.3 Å². The van der Waals surface area contributed by atoms with Crippen LogP contribution in [-0.2, 0) is 0 Å². The maximum Gasteiger partial charge on any atom is 0.139 e. The SMILES string of the molecule is N/N=C1/COc2cc(F)cc(F)c21. The summed E-state index contributed by atoms with van der Waals surface area (Å²) in [7, 11) is 0. The normalized spacial score (nSPS) is 17.2. The summed E-state index contributed by atoms with van der Waals surface area (Å²) >= 11 is 0. The molecule has 3 nitrogen and oxygen atoms in total. The first-order valence-electron chi connectivity index (χ1n) is 3.61. The number of hydrogen-bond acceptors (Lipinski definition) is 3. The lowest BCUT2D eigenvalue weighted by atomic mass is 10.1. The minimum atomic E-state index is -0.698. The van der Waals surface area contributed by atoms with E-state index in [9.17, 15) is 8.78 Å². The van der Waals surface area contributed by atoms with Crippen LogP contribution in [0.4, 0.5) is 8.78 Å². The smallest absolute Gasteiger partial charge is 0.139 e. The number of fused-ring (bicyclic) bond motifs is 1. The Labute approximate surface area is 72.8 Å². The Morgan fingerprint density at radius 2 is 2.15 bits per heavy atom. The number of hydrogen-bond donors (Lipinski definition) is 1. The van der Waals surface area contributed by atoms with Crippen LogP contribution in [0, 0.1) is 11.6 Å². The molecule has 0 fully saturated rings. The molecule has 13 heavy (non-hydrogen) atoms. The minimum Gasteiger partial charge on any atom is -0.486 e. The first-order valence-corrected chi connectivity index (χ1v) is 3.61. The van der Waals surface area contributed by atoms with E-state index in [2.05, 4.69) is 5.10 Å². The second kappa shape index (κ2) is 2.69. The van der Waals surface area contributed by atoms with Gasteiger partial charge in [0.15, 0.2) is 0 Å². The van der Waals surface area contributed by atoms with Crippen molar-refractivity contribution in [1.29, 1.82) is 0 Å². The van der Waals surface area contributed by atoms with Gasteiger partial charge in [-0.3, -0.25) is 0 Å². The van der Waals surface area contributed by atoms with E-state index in [0.717, 1.165) is 12.1 Å². The predicted octanol–water partition coefficient (Wildman–Crippen LogP) is 1.02. The third-order valence-corrected chi connectivity index (χ3v) is 1.83. The molecule has 1 aromatic rings. The molecule has 0 saturated carbocycles. The molecule has 0 unspecified atom stereocenters. The summed E-state index contributed by atoms with van der Waals surface area (Å²) in [4.78, 5) is 0. The Bertz CT molecular complexity index is 390. The van der Waals surface area contributed by atoms with Gasteiger partial charge in [0.25, 0.3) is 0 Å². The van der Waals surface area contributed by atoms with E-state index >= 15 is 0 Å².